The fraction of sp³-hybridized carbons (Fsp3) is 0.143. The molecule has 0 fully saturated rings. The van der Waals surface area contributed by atoms with Crippen molar-refractivity contribution in [2.45, 2.75) is 19.0 Å². The maximum Gasteiger partial charge on any atom is 0.271 e. The maximum atomic E-state index is 12.9. The Labute approximate surface area is 170 Å². The van der Waals surface area contributed by atoms with Crippen molar-refractivity contribution in [2.75, 3.05) is 5.32 Å². The number of fused-ring (bicyclic) bond motifs is 1. The zero-order chi connectivity index (χ0) is 20.4. The van der Waals surface area contributed by atoms with E-state index < -0.39 is 11.0 Å². The highest BCUT2D eigenvalue weighted by atomic mass is 32.1. The largest absolute Gasteiger partial charge is 0.326 e. The molecule has 1 atom stereocenters. The summed E-state index contributed by atoms with van der Waals surface area (Å²) in [6.45, 7) is 0.446. The fourth-order valence-corrected chi connectivity index (χ4v) is 4.30. The molecule has 146 valence electrons. The van der Waals surface area contributed by atoms with Crippen LogP contribution in [0.5, 0.6) is 0 Å². The molecule has 2 aromatic carbocycles. The standard InChI is InChI=1S/C21H17N3O4S/c25-20(22-15-6-3-7-16(11-15)24(27)28)12-18(19-9-4-10-29-19)23-13-14-5-1-2-8-17(14)21(23)26/h1-11,18H,12-13H2,(H,22,25)/t18-/m0/s1. The van der Waals surface area contributed by atoms with Gasteiger partial charge in [-0.05, 0) is 29.1 Å². The number of carbonyl (C=O) groups excluding carboxylic acids is 2. The predicted octanol–water partition coefficient (Wildman–Crippen LogP) is 4.38. The number of hydrogen-bond acceptors (Lipinski definition) is 5. The molecule has 2 heterocycles. The normalized spacial score (nSPS) is 13.8. The maximum absolute atomic E-state index is 12.9. The zero-order valence-electron chi connectivity index (χ0n) is 15.3. The number of rotatable bonds is 6. The lowest BCUT2D eigenvalue weighted by molar-refractivity contribution is -0.384. The van der Waals surface area contributed by atoms with Gasteiger partial charge in [-0.25, -0.2) is 0 Å². The van der Waals surface area contributed by atoms with Crippen LogP contribution in [0.3, 0.4) is 0 Å². The summed E-state index contributed by atoms with van der Waals surface area (Å²) < 4.78 is 0. The van der Waals surface area contributed by atoms with Gasteiger partial charge in [0.05, 0.1) is 17.4 Å². The Hall–Kier alpha value is -3.52. The number of hydrogen-bond donors (Lipinski definition) is 1. The summed E-state index contributed by atoms with van der Waals surface area (Å²) in [5.74, 6) is -0.408. The molecule has 1 N–H and O–H groups in total. The molecule has 4 rings (SSSR count). The number of carbonyl (C=O) groups is 2. The second-order valence-electron chi connectivity index (χ2n) is 6.68. The average molecular weight is 407 g/mol. The summed E-state index contributed by atoms with van der Waals surface area (Å²) in [7, 11) is 0. The van der Waals surface area contributed by atoms with Gasteiger partial charge < -0.3 is 10.2 Å². The molecule has 2 amide bonds. The Morgan fingerprint density at radius 2 is 2.00 bits per heavy atom. The summed E-state index contributed by atoms with van der Waals surface area (Å²) in [5.41, 5.74) is 1.86. The fourth-order valence-electron chi connectivity index (χ4n) is 3.46. The molecular weight excluding hydrogens is 390 g/mol. The van der Waals surface area contributed by atoms with Crippen molar-refractivity contribution in [3.63, 3.8) is 0 Å². The van der Waals surface area contributed by atoms with E-state index in [1.54, 1.807) is 17.0 Å². The van der Waals surface area contributed by atoms with Crippen LogP contribution >= 0.6 is 11.3 Å². The molecule has 7 nitrogen and oxygen atoms in total. The summed E-state index contributed by atoms with van der Waals surface area (Å²) >= 11 is 1.49. The van der Waals surface area contributed by atoms with Crippen molar-refractivity contribution in [3.8, 4) is 0 Å². The zero-order valence-corrected chi connectivity index (χ0v) is 16.1. The Morgan fingerprint density at radius 1 is 1.17 bits per heavy atom. The molecule has 0 radical (unpaired) electrons. The van der Waals surface area contributed by atoms with Gasteiger partial charge in [-0.2, -0.15) is 0 Å². The molecule has 0 spiro atoms. The summed E-state index contributed by atoms with van der Waals surface area (Å²) in [6.07, 6.45) is 0.0585. The Bertz CT molecular complexity index is 1080. The second-order valence-corrected chi connectivity index (χ2v) is 7.66. The van der Waals surface area contributed by atoms with E-state index in [0.717, 1.165) is 10.4 Å². The highest BCUT2D eigenvalue weighted by molar-refractivity contribution is 7.10. The van der Waals surface area contributed by atoms with E-state index in [2.05, 4.69) is 5.32 Å². The summed E-state index contributed by atoms with van der Waals surface area (Å²) in [6, 6.07) is 16.6. The molecule has 0 aliphatic carbocycles. The van der Waals surface area contributed by atoms with E-state index in [9.17, 15) is 19.7 Å². The summed E-state index contributed by atoms with van der Waals surface area (Å²) in [5, 5.41) is 15.6. The Morgan fingerprint density at radius 3 is 2.72 bits per heavy atom. The lowest BCUT2D eigenvalue weighted by atomic mass is 10.1. The third-order valence-corrected chi connectivity index (χ3v) is 5.79. The van der Waals surface area contributed by atoms with Gasteiger partial charge in [-0.1, -0.05) is 30.3 Å². The number of anilines is 1. The van der Waals surface area contributed by atoms with Crippen LogP contribution in [-0.2, 0) is 11.3 Å². The molecule has 29 heavy (non-hydrogen) atoms. The van der Waals surface area contributed by atoms with Crippen LogP contribution in [0.15, 0.2) is 66.0 Å². The van der Waals surface area contributed by atoms with E-state index in [0.29, 0.717) is 17.8 Å². The van der Waals surface area contributed by atoms with Crippen molar-refractivity contribution in [1.82, 2.24) is 4.90 Å². The van der Waals surface area contributed by atoms with Gasteiger partial charge >= 0.3 is 0 Å². The molecule has 1 aromatic heterocycles. The van der Waals surface area contributed by atoms with Crippen LogP contribution in [0, 0.1) is 10.1 Å². The lowest BCUT2D eigenvalue weighted by Crippen LogP contribution is -2.31. The van der Waals surface area contributed by atoms with Gasteiger partial charge in [-0.3, -0.25) is 19.7 Å². The smallest absolute Gasteiger partial charge is 0.271 e. The van der Waals surface area contributed by atoms with Crippen LogP contribution in [0.2, 0.25) is 0 Å². The first-order chi connectivity index (χ1) is 14.0. The average Bonchev–Trinajstić information content (AvgIpc) is 3.35. The van der Waals surface area contributed by atoms with Crippen molar-refractivity contribution in [3.05, 3.63) is 92.2 Å². The number of thiophene rings is 1. The van der Waals surface area contributed by atoms with E-state index in [1.807, 2.05) is 35.7 Å². The molecule has 0 unspecified atom stereocenters. The first-order valence-electron chi connectivity index (χ1n) is 8.99. The first-order valence-corrected chi connectivity index (χ1v) is 9.87. The molecule has 0 bridgehead atoms. The quantitative estimate of drug-likeness (QED) is 0.485. The minimum absolute atomic E-state index is 0.0585. The number of amides is 2. The highest BCUT2D eigenvalue weighted by Gasteiger charge is 2.34. The molecule has 0 saturated carbocycles. The number of nitrogens with zero attached hydrogens (tertiary/aromatic N) is 2. The van der Waals surface area contributed by atoms with Crippen molar-refractivity contribution < 1.29 is 14.5 Å². The third-order valence-electron chi connectivity index (χ3n) is 4.82. The Kier molecular flexibility index (Phi) is 5.09. The second kappa shape index (κ2) is 7.84. The van der Waals surface area contributed by atoms with Gasteiger partial charge in [-0.15, -0.1) is 11.3 Å². The van der Waals surface area contributed by atoms with Gasteiger partial charge in [0.25, 0.3) is 11.6 Å². The number of nitro benzene ring substituents is 1. The topological polar surface area (TPSA) is 92.6 Å². The summed E-state index contributed by atoms with van der Waals surface area (Å²) in [4.78, 5) is 38.7. The predicted molar refractivity (Wildman–Crippen MR) is 110 cm³/mol. The van der Waals surface area contributed by atoms with Crippen LogP contribution in [-0.4, -0.2) is 21.6 Å². The minimum atomic E-state index is -0.510. The first kappa shape index (κ1) is 18.8. The van der Waals surface area contributed by atoms with E-state index in [1.165, 1.54) is 29.5 Å². The third kappa shape index (κ3) is 3.88. The molecule has 1 aliphatic rings. The van der Waals surface area contributed by atoms with Crippen LogP contribution in [0.1, 0.15) is 33.3 Å². The monoisotopic (exact) mass is 407 g/mol. The van der Waals surface area contributed by atoms with E-state index in [-0.39, 0.29) is 23.9 Å². The van der Waals surface area contributed by atoms with Crippen LogP contribution in [0.25, 0.3) is 0 Å². The minimum Gasteiger partial charge on any atom is -0.326 e. The molecule has 8 heteroatoms. The number of benzene rings is 2. The van der Waals surface area contributed by atoms with Crippen molar-refractivity contribution in [2.24, 2.45) is 0 Å². The number of nitrogens with one attached hydrogen (secondary N) is 1. The molecular formula is C21H17N3O4S. The van der Waals surface area contributed by atoms with Crippen LogP contribution in [0.4, 0.5) is 11.4 Å². The highest BCUT2D eigenvalue weighted by Crippen LogP contribution is 2.35. The lowest BCUT2D eigenvalue weighted by Gasteiger charge is -2.26. The van der Waals surface area contributed by atoms with Gasteiger partial charge in [0.1, 0.15) is 0 Å². The van der Waals surface area contributed by atoms with Crippen molar-refractivity contribution in [1.29, 1.82) is 0 Å². The van der Waals surface area contributed by atoms with E-state index in [4.69, 9.17) is 0 Å². The number of non-ortho nitro benzene ring substituents is 1. The van der Waals surface area contributed by atoms with Gasteiger partial charge in [0.2, 0.25) is 5.91 Å². The van der Waals surface area contributed by atoms with Gasteiger partial charge in [0, 0.05) is 34.8 Å². The number of nitro groups is 1. The molecule has 0 saturated heterocycles. The molecule has 1 aliphatic heterocycles. The van der Waals surface area contributed by atoms with E-state index >= 15 is 0 Å². The van der Waals surface area contributed by atoms with Gasteiger partial charge in [0.15, 0.2) is 0 Å². The van der Waals surface area contributed by atoms with Crippen LogP contribution < -0.4 is 5.32 Å². The SMILES string of the molecule is O=C(C[C@@H](c1cccs1)N1Cc2ccccc2C1=O)Nc1cccc([N+](=O)[O-])c1. The Balaban J connectivity index is 1.55. The molecule has 3 aromatic rings. The van der Waals surface area contributed by atoms with Crippen molar-refractivity contribution >= 4 is 34.5 Å².